The molecule has 0 atom stereocenters. The van der Waals surface area contributed by atoms with Gasteiger partial charge in [-0.05, 0) is 49.9 Å². The summed E-state index contributed by atoms with van der Waals surface area (Å²) in [6.45, 7) is 7.25. The van der Waals surface area contributed by atoms with E-state index in [1.807, 2.05) is 19.1 Å². The van der Waals surface area contributed by atoms with Gasteiger partial charge in [0.1, 0.15) is 17.3 Å². The number of benzene rings is 1. The molecule has 5 nitrogen and oxygen atoms in total. The summed E-state index contributed by atoms with van der Waals surface area (Å²) in [5.41, 5.74) is 3.80. The second-order valence-corrected chi connectivity index (χ2v) is 8.17. The predicted molar refractivity (Wildman–Crippen MR) is 118 cm³/mol. The molecule has 0 fully saturated rings. The van der Waals surface area contributed by atoms with Gasteiger partial charge in [0.15, 0.2) is 0 Å². The molecule has 1 aliphatic rings. The van der Waals surface area contributed by atoms with Crippen molar-refractivity contribution in [3.05, 3.63) is 46.4 Å². The van der Waals surface area contributed by atoms with E-state index in [9.17, 15) is 0 Å². The molecule has 3 heterocycles. The fourth-order valence-corrected chi connectivity index (χ4v) is 4.71. The summed E-state index contributed by atoms with van der Waals surface area (Å²) >= 11 is 6.54. The molecule has 29 heavy (non-hydrogen) atoms. The van der Waals surface area contributed by atoms with Crippen molar-refractivity contribution < 1.29 is 0 Å². The van der Waals surface area contributed by atoms with Gasteiger partial charge in [-0.15, -0.1) is 0 Å². The van der Waals surface area contributed by atoms with Crippen LogP contribution in [0.2, 0.25) is 5.02 Å². The fraction of sp³-hybridized carbons (Fsp3) is 0.435. The Balaban J connectivity index is 1.88. The number of hydrogen-bond donors (Lipinski definition) is 0. The minimum absolute atomic E-state index is 0.466. The van der Waals surface area contributed by atoms with Crippen LogP contribution in [0.3, 0.4) is 0 Å². The van der Waals surface area contributed by atoms with Gasteiger partial charge in [0.05, 0.1) is 27.7 Å². The molecule has 0 radical (unpaired) electrons. The molecular formula is C23H26ClN5. The molecule has 0 N–H and O–H groups in total. The number of halogens is 1. The van der Waals surface area contributed by atoms with E-state index in [0.29, 0.717) is 16.6 Å². The summed E-state index contributed by atoms with van der Waals surface area (Å²) in [6, 6.07) is 8.07. The molecule has 3 aromatic rings. The highest BCUT2D eigenvalue weighted by molar-refractivity contribution is 6.33. The van der Waals surface area contributed by atoms with Crippen LogP contribution in [0.25, 0.3) is 11.0 Å². The highest BCUT2D eigenvalue weighted by atomic mass is 35.5. The van der Waals surface area contributed by atoms with Crippen molar-refractivity contribution in [2.75, 3.05) is 11.4 Å². The molecule has 0 bridgehead atoms. The molecule has 0 saturated carbocycles. The first-order valence-corrected chi connectivity index (χ1v) is 10.8. The fourth-order valence-electron chi connectivity index (χ4n) is 4.43. The zero-order valence-corrected chi connectivity index (χ0v) is 18.0. The molecule has 0 amide bonds. The SMILES string of the molecule is CCCC(CCC)n1cc2c3c(nc(C)nc31)N(c1ccc(C#N)cc1Cl)CC2. The highest BCUT2D eigenvalue weighted by Gasteiger charge is 2.28. The summed E-state index contributed by atoms with van der Waals surface area (Å²) in [6.07, 6.45) is 7.84. The molecule has 1 aromatic carbocycles. The first-order valence-electron chi connectivity index (χ1n) is 10.4. The number of rotatable bonds is 6. The topological polar surface area (TPSA) is 57.7 Å². The number of aromatic nitrogens is 3. The van der Waals surface area contributed by atoms with Gasteiger partial charge in [0.25, 0.3) is 0 Å². The van der Waals surface area contributed by atoms with Crippen molar-refractivity contribution in [3.8, 4) is 6.07 Å². The number of hydrogen-bond acceptors (Lipinski definition) is 4. The summed E-state index contributed by atoms with van der Waals surface area (Å²) in [4.78, 5) is 11.8. The van der Waals surface area contributed by atoms with Crippen LogP contribution < -0.4 is 4.90 Å². The lowest BCUT2D eigenvalue weighted by atomic mass is 10.1. The molecule has 6 heteroatoms. The standard InChI is InChI=1S/C23H26ClN5/c1-4-6-18(7-5-2)29-14-17-10-11-28(20-9-8-16(13-25)12-19(20)24)22-21(17)23(29)27-15(3)26-22/h8-9,12,14,18H,4-7,10-11H2,1-3H3. The Morgan fingerprint density at radius 2 is 1.97 bits per heavy atom. The number of anilines is 2. The lowest BCUT2D eigenvalue weighted by Gasteiger charge is -2.29. The van der Waals surface area contributed by atoms with Gasteiger partial charge < -0.3 is 9.47 Å². The maximum atomic E-state index is 9.15. The third-order valence-corrected chi connectivity index (χ3v) is 6.01. The first-order chi connectivity index (χ1) is 14.1. The van der Waals surface area contributed by atoms with E-state index in [-0.39, 0.29) is 0 Å². The van der Waals surface area contributed by atoms with Gasteiger partial charge in [0, 0.05) is 18.8 Å². The molecule has 0 unspecified atom stereocenters. The van der Waals surface area contributed by atoms with Crippen molar-refractivity contribution in [1.82, 2.24) is 14.5 Å². The number of nitrogens with zero attached hydrogens (tertiary/aromatic N) is 5. The maximum Gasteiger partial charge on any atom is 0.146 e. The second-order valence-electron chi connectivity index (χ2n) is 7.77. The first kappa shape index (κ1) is 19.7. The van der Waals surface area contributed by atoms with Crippen LogP contribution in [0.15, 0.2) is 24.4 Å². The van der Waals surface area contributed by atoms with E-state index in [1.165, 1.54) is 5.56 Å². The lowest BCUT2D eigenvalue weighted by Crippen LogP contribution is -2.25. The lowest BCUT2D eigenvalue weighted by molar-refractivity contribution is 0.435. The van der Waals surface area contributed by atoms with E-state index in [2.05, 4.69) is 35.6 Å². The van der Waals surface area contributed by atoms with Gasteiger partial charge in [-0.3, -0.25) is 0 Å². The second kappa shape index (κ2) is 8.04. The minimum Gasteiger partial charge on any atom is -0.329 e. The van der Waals surface area contributed by atoms with Crippen LogP contribution in [0.4, 0.5) is 11.5 Å². The Bertz CT molecular complexity index is 1090. The average Bonchev–Trinajstić information content (AvgIpc) is 3.07. The van der Waals surface area contributed by atoms with Crippen molar-refractivity contribution in [1.29, 1.82) is 5.26 Å². The Morgan fingerprint density at radius 3 is 2.62 bits per heavy atom. The van der Waals surface area contributed by atoms with Crippen molar-refractivity contribution in [2.24, 2.45) is 0 Å². The summed E-state index contributed by atoms with van der Waals surface area (Å²) in [5.74, 6) is 1.69. The van der Waals surface area contributed by atoms with E-state index in [0.717, 1.165) is 67.0 Å². The van der Waals surface area contributed by atoms with Crippen LogP contribution in [-0.2, 0) is 6.42 Å². The maximum absolute atomic E-state index is 9.15. The average molecular weight is 408 g/mol. The zero-order valence-electron chi connectivity index (χ0n) is 17.2. The van der Waals surface area contributed by atoms with Gasteiger partial charge in [-0.1, -0.05) is 38.3 Å². The predicted octanol–water partition coefficient (Wildman–Crippen LogP) is 6.10. The Morgan fingerprint density at radius 1 is 1.21 bits per heavy atom. The quantitative estimate of drug-likeness (QED) is 0.495. The zero-order chi connectivity index (χ0) is 20.5. The van der Waals surface area contributed by atoms with Crippen molar-refractivity contribution in [2.45, 2.75) is 58.9 Å². The molecule has 150 valence electrons. The molecule has 0 saturated heterocycles. The van der Waals surface area contributed by atoms with Gasteiger partial charge in [0.2, 0.25) is 0 Å². The molecule has 1 aliphatic heterocycles. The Kier molecular flexibility index (Phi) is 5.47. The number of nitriles is 1. The number of aryl methyl sites for hydroxylation is 1. The van der Waals surface area contributed by atoms with Crippen LogP contribution in [0, 0.1) is 18.3 Å². The molecule has 0 aliphatic carbocycles. The third-order valence-electron chi connectivity index (χ3n) is 5.71. The monoisotopic (exact) mass is 407 g/mol. The molecular weight excluding hydrogens is 382 g/mol. The minimum atomic E-state index is 0.466. The largest absolute Gasteiger partial charge is 0.329 e. The van der Waals surface area contributed by atoms with Crippen molar-refractivity contribution >= 4 is 34.1 Å². The van der Waals surface area contributed by atoms with Crippen LogP contribution in [-0.4, -0.2) is 21.1 Å². The van der Waals surface area contributed by atoms with Gasteiger partial charge in [-0.25, -0.2) is 9.97 Å². The third kappa shape index (κ3) is 3.47. The summed E-state index contributed by atoms with van der Waals surface area (Å²) < 4.78 is 2.39. The van der Waals surface area contributed by atoms with E-state index < -0.39 is 0 Å². The Hall–Kier alpha value is -2.58. The van der Waals surface area contributed by atoms with Crippen LogP contribution in [0.5, 0.6) is 0 Å². The van der Waals surface area contributed by atoms with E-state index in [1.54, 1.807) is 6.07 Å². The highest BCUT2D eigenvalue weighted by Crippen LogP contribution is 2.41. The van der Waals surface area contributed by atoms with Gasteiger partial charge in [-0.2, -0.15) is 5.26 Å². The summed E-state index contributed by atoms with van der Waals surface area (Å²) in [5, 5.41) is 10.9. The summed E-state index contributed by atoms with van der Waals surface area (Å²) in [7, 11) is 0. The molecule has 2 aromatic heterocycles. The van der Waals surface area contributed by atoms with E-state index >= 15 is 0 Å². The Labute approximate surface area is 176 Å². The van der Waals surface area contributed by atoms with E-state index in [4.69, 9.17) is 26.8 Å². The van der Waals surface area contributed by atoms with Crippen LogP contribution in [0.1, 0.15) is 62.5 Å². The normalized spacial score (nSPS) is 13.3. The van der Waals surface area contributed by atoms with Gasteiger partial charge >= 0.3 is 0 Å². The van der Waals surface area contributed by atoms with Crippen molar-refractivity contribution in [3.63, 3.8) is 0 Å². The van der Waals surface area contributed by atoms with Crippen LogP contribution >= 0.6 is 11.6 Å². The smallest absolute Gasteiger partial charge is 0.146 e. The molecule has 0 spiro atoms. The molecule has 4 rings (SSSR count).